The molecule has 0 aromatic rings. The molecular weight excluding hydrogens is 200 g/mol. The first-order chi connectivity index (χ1) is 7.77. The number of hydrogen-bond acceptors (Lipinski definition) is 2. The fourth-order valence-corrected chi connectivity index (χ4v) is 3.62. The molecule has 3 nitrogen and oxygen atoms in total. The Morgan fingerprint density at radius 3 is 2.75 bits per heavy atom. The summed E-state index contributed by atoms with van der Waals surface area (Å²) >= 11 is 0. The molecule has 1 aliphatic heterocycles. The highest BCUT2D eigenvalue weighted by molar-refractivity contribution is 5.76. The Bertz CT molecular complexity index is 254. The van der Waals surface area contributed by atoms with E-state index in [0.29, 0.717) is 30.8 Å². The predicted molar refractivity (Wildman–Crippen MR) is 64.9 cm³/mol. The Balaban J connectivity index is 2.09. The monoisotopic (exact) mass is 224 g/mol. The van der Waals surface area contributed by atoms with Crippen LogP contribution in [0.25, 0.3) is 0 Å². The highest BCUT2D eigenvalue weighted by atomic mass is 16.2. The molecule has 0 radical (unpaired) electrons. The lowest BCUT2D eigenvalue weighted by Crippen LogP contribution is -2.55. The third-order valence-corrected chi connectivity index (χ3v) is 4.47. The van der Waals surface area contributed by atoms with E-state index in [-0.39, 0.29) is 0 Å². The van der Waals surface area contributed by atoms with E-state index < -0.39 is 0 Å². The number of amides is 1. The van der Waals surface area contributed by atoms with Gasteiger partial charge in [0.25, 0.3) is 0 Å². The van der Waals surface area contributed by atoms with Crippen LogP contribution in [-0.4, -0.2) is 29.9 Å². The molecule has 1 amide bonds. The number of fused-ring (bicyclic) bond motifs is 1. The minimum absolute atomic E-state index is 0.291. The molecule has 3 atom stereocenters. The van der Waals surface area contributed by atoms with Crippen molar-refractivity contribution in [3.05, 3.63) is 0 Å². The molecule has 1 saturated heterocycles. The third kappa shape index (κ3) is 2.10. The van der Waals surface area contributed by atoms with Crippen LogP contribution in [0.5, 0.6) is 0 Å². The molecule has 3 unspecified atom stereocenters. The molecule has 16 heavy (non-hydrogen) atoms. The molecule has 92 valence electrons. The van der Waals surface area contributed by atoms with Crippen LogP contribution in [0.3, 0.4) is 0 Å². The number of carbonyl (C=O) groups excluding carboxylic acids is 1. The van der Waals surface area contributed by atoms with Crippen LogP contribution in [0.1, 0.15) is 45.4 Å². The summed E-state index contributed by atoms with van der Waals surface area (Å²) < 4.78 is 0. The molecule has 0 aromatic heterocycles. The zero-order chi connectivity index (χ0) is 11.5. The maximum atomic E-state index is 11.9. The maximum Gasteiger partial charge on any atom is 0.222 e. The topological polar surface area (TPSA) is 46.3 Å². The highest BCUT2D eigenvalue weighted by Gasteiger charge is 2.39. The van der Waals surface area contributed by atoms with Crippen molar-refractivity contribution in [3.63, 3.8) is 0 Å². The Hall–Kier alpha value is -0.570. The molecule has 1 heterocycles. The normalized spacial score (nSPS) is 34.6. The summed E-state index contributed by atoms with van der Waals surface area (Å²) in [6.07, 6.45) is 7.15. The first kappa shape index (κ1) is 11.9. The third-order valence-electron chi connectivity index (χ3n) is 4.47. The van der Waals surface area contributed by atoms with Crippen molar-refractivity contribution in [2.24, 2.45) is 17.6 Å². The van der Waals surface area contributed by atoms with Gasteiger partial charge in [-0.1, -0.05) is 26.2 Å². The largest absolute Gasteiger partial charge is 0.338 e. The fraction of sp³-hybridized carbons (Fsp3) is 0.923. The highest BCUT2D eigenvalue weighted by Crippen LogP contribution is 2.39. The molecule has 2 aliphatic rings. The van der Waals surface area contributed by atoms with Gasteiger partial charge in [0.2, 0.25) is 5.91 Å². The minimum atomic E-state index is 0.291. The molecule has 1 saturated carbocycles. The second-order valence-electron chi connectivity index (χ2n) is 5.24. The first-order valence-electron chi connectivity index (χ1n) is 6.77. The second kappa shape index (κ2) is 5.17. The lowest BCUT2D eigenvalue weighted by atomic mass is 9.71. The Morgan fingerprint density at radius 2 is 2.06 bits per heavy atom. The van der Waals surface area contributed by atoms with E-state index in [2.05, 4.69) is 4.90 Å². The summed E-state index contributed by atoms with van der Waals surface area (Å²) in [7, 11) is 0. The van der Waals surface area contributed by atoms with Crippen molar-refractivity contribution in [1.29, 1.82) is 0 Å². The first-order valence-corrected chi connectivity index (χ1v) is 6.77. The smallest absolute Gasteiger partial charge is 0.222 e. The molecule has 3 heteroatoms. The van der Waals surface area contributed by atoms with E-state index >= 15 is 0 Å². The number of nitrogens with two attached hydrogens (primary N) is 1. The van der Waals surface area contributed by atoms with Crippen LogP contribution in [0.2, 0.25) is 0 Å². The van der Waals surface area contributed by atoms with Crippen LogP contribution in [0.4, 0.5) is 0 Å². The molecule has 1 aliphatic carbocycles. The number of piperidine rings is 1. The van der Waals surface area contributed by atoms with E-state index in [4.69, 9.17) is 5.73 Å². The molecule has 0 bridgehead atoms. The molecule has 0 spiro atoms. The molecule has 2 rings (SSSR count). The van der Waals surface area contributed by atoms with Crippen molar-refractivity contribution in [2.45, 2.75) is 51.5 Å². The SMILES string of the molecule is CCC(=O)N1CCC2CCCCC2C1CN. The molecule has 2 N–H and O–H groups in total. The van der Waals surface area contributed by atoms with Gasteiger partial charge in [-0.05, 0) is 24.7 Å². The van der Waals surface area contributed by atoms with Gasteiger partial charge in [0, 0.05) is 25.6 Å². The van der Waals surface area contributed by atoms with E-state index in [1.165, 1.54) is 32.1 Å². The average Bonchev–Trinajstić information content (AvgIpc) is 2.36. The molecular formula is C13H24N2O. The summed E-state index contributed by atoms with van der Waals surface area (Å²) in [5.41, 5.74) is 5.90. The van der Waals surface area contributed by atoms with Gasteiger partial charge in [0.1, 0.15) is 0 Å². The van der Waals surface area contributed by atoms with E-state index in [0.717, 1.165) is 12.5 Å². The van der Waals surface area contributed by atoms with Crippen molar-refractivity contribution in [3.8, 4) is 0 Å². The van der Waals surface area contributed by atoms with Crippen molar-refractivity contribution in [2.75, 3.05) is 13.1 Å². The number of rotatable bonds is 2. The van der Waals surface area contributed by atoms with Gasteiger partial charge >= 0.3 is 0 Å². The van der Waals surface area contributed by atoms with Gasteiger partial charge in [0.05, 0.1) is 0 Å². The zero-order valence-corrected chi connectivity index (χ0v) is 10.3. The summed E-state index contributed by atoms with van der Waals surface area (Å²) in [4.78, 5) is 13.9. The predicted octanol–water partition coefficient (Wildman–Crippen LogP) is 1.76. The second-order valence-corrected chi connectivity index (χ2v) is 5.24. The maximum absolute atomic E-state index is 11.9. The van der Waals surface area contributed by atoms with Crippen molar-refractivity contribution >= 4 is 5.91 Å². The van der Waals surface area contributed by atoms with Crippen LogP contribution in [0, 0.1) is 11.8 Å². The van der Waals surface area contributed by atoms with Gasteiger partial charge in [0.15, 0.2) is 0 Å². The van der Waals surface area contributed by atoms with Gasteiger partial charge in [-0.2, -0.15) is 0 Å². The summed E-state index contributed by atoms with van der Waals surface area (Å²) in [6.45, 7) is 3.53. The van der Waals surface area contributed by atoms with Crippen LogP contribution in [-0.2, 0) is 4.79 Å². The number of nitrogens with zero attached hydrogens (tertiary/aromatic N) is 1. The summed E-state index contributed by atoms with van der Waals surface area (Å²) in [5, 5.41) is 0. The fourth-order valence-electron chi connectivity index (χ4n) is 3.62. The van der Waals surface area contributed by atoms with Gasteiger partial charge in [-0.15, -0.1) is 0 Å². The standard InChI is InChI=1S/C13H24N2O/c1-2-13(16)15-8-7-10-5-3-4-6-11(10)12(15)9-14/h10-12H,2-9,14H2,1H3. The van der Waals surface area contributed by atoms with Crippen LogP contribution in [0.15, 0.2) is 0 Å². The molecule has 2 fully saturated rings. The Morgan fingerprint density at radius 1 is 1.31 bits per heavy atom. The van der Waals surface area contributed by atoms with E-state index in [9.17, 15) is 4.79 Å². The summed E-state index contributed by atoms with van der Waals surface area (Å²) in [5.74, 6) is 1.81. The van der Waals surface area contributed by atoms with Gasteiger partial charge in [-0.25, -0.2) is 0 Å². The van der Waals surface area contributed by atoms with E-state index in [1.807, 2.05) is 6.92 Å². The quantitative estimate of drug-likeness (QED) is 0.777. The van der Waals surface area contributed by atoms with Gasteiger partial charge in [-0.3, -0.25) is 4.79 Å². The minimum Gasteiger partial charge on any atom is -0.338 e. The number of likely N-dealkylation sites (tertiary alicyclic amines) is 1. The van der Waals surface area contributed by atoms with Crippen LogP contribution < -0.4 is 5.73 Å². The number of hydrogen-bond donors (Lipinski definition) is 1. The van der Waals surface area contributed by atoms with E-state index in [1.54, 1.807) is 0 Å². The average molecular weight is 224 g/mol. The zero-order valence-electron chi connectivity index (χ0n) is 10.3. The lowest BCUT2D eigenvalue weighted by Gasteiger charge is -2.47. The molecule has 0 aromatic carbocycles. The Kier molecular flexibility index (Phi) is 3.85. The van der Waals surface area contributed by atoms with Crippen molar-refractivity contribution < 1.29 is 4.79 Å². The van der Waals surface area contributed by atoms with Crippen LogP contribution >= 0.6 is 0 Å². The van der Waals surface area contributed by atoms with Gasteiger partial charge < -0.3 is 10.6 Å². The van der Waals surface area contributed by atoms with Crippen molar-refractivity contribution in [1.82, 2.24) is 4.90 Å². The number of carbonyl (C=O) groups is 1. The summed E-state index contributed by atoms with van der Waals surface area (Å²) in [6, 6.07) is 0.325. The Labute approximate surface area is 98.4 Å². The lowest BCUT2D eigenvalue weighted by molar-refractivity contribution is -0.138.